The van der Waals surface area contributed by atoms with E-state index in [-0.39, 0.29) is 11.3 Å². The molecule has 1 aliphatic rings. The van der Waals surface area contributed by atoms with Gasteiger partial charge in [-0.1, -0.05) is 18.5 Å². The van der Waals surface area contributed by atoms with Gasteiger partial charge in [0.1, 0.15) is 5.15 Å². The van der Waals surface area contributed by atoms with Crippen LogP contribution < -0.4 is 10.6 Å². The van der Waals surface area contributed by atoms with E-state index in [1.807, 2.05) is 6.92 Å². The molecule has 0 saturated carbocycles. The van der Waals surface area contributed by atoms with Crippen LogP contribution in [0.15, 0.2) is 18.3 Å². The van der Waals surface area contributed by atoms with Crippen LogP contribution in [0.25, 0.3) is 0 Å². The molecule has 1 aliphatic heterocycles. The molecule has 2 heterocycles. The quantitative estimate of drug-likeness (QED) is 0.811. The molecule has 0 aromatic carbocycles. The summed E-state index contributed by atoms with van der Waals surface area (Å²) in [5, 5.41) is 6.57. The number of aromatic nitrogens is 1. The van der Waals surface area contributed by atoms with Gasteiger partial charge >= 0.3 is 0 Å². The summed E-state index contributed by atoms with van der Waals surface area (Å²) in [7, 11) is 0. The molecule has 1 fully saturated rings. The van der Waals surface area contributed by atoms with E-state index in [1.54, 1.807) is 18.3 Å². The van der Waals surface area contributed by atoms with Crippen molar-refractivity contribution in [2.75, 3.05) is 18.4 Å². The molecule has 4 nitrogen and oxygen atoms in total. The molecule has 1 atom stereocenters. The first-order valence-electron chi connectivity index (χ1n) is 5.80. The Kier molecular flexibility index (Phi) is 3.64. The minimum atomic E-state index is -0.278. The summed E-state index contributed by atoms with van der Waals surface area (Å²) in [5.41, 5.74) is 0.415. The summed E-state index contributed by atoms with van der Waals surface area (Å²) in [6, 6.07) is 3.43. The lowest BCUT2D eigenvalue weighted by molar-refractivity contribution is -0.124. The van der Waals surface area contributed by atoms with Crippen molar-refractivity contribution in [1.82, 2.24) is 10.3 Å². The molecule has 17 heavy (non-hydrogen) atoms. The van der Waals surface area contributed by atoms with Gasteiger partial charge in [-0.05, 0) is 31.5 Å². The lowest BCUT2D eigenvalue weighted by Crippen LogP contribution is -2.37. The number of amides is 1. The van der Waals surface area contributed by atoms with Crippen molar-refractivity contribution < 1.29 is 4.79 Å². The first kappa shape index (κ1) is 12.3. The molecule has 1 aromatic heterocycles. The van der Waals surface area contributed by atoms with E-state index in [1.165, 1.54) is 0 Å². The molecule has 1 saturated heterocycles. The van der Waals surface area contributed by atoms with Gasteiger partial charge in [-0.25, -0.2) is 4.98 Å². The third-order valence-corrected chi connectivity index (χ3v) is 3.61. The Labute approximate surface area is 106 Å². The number of nitrogens with one attached hydrogen (secondary N) is 2. The Balaban J connectivity index is 2.08. The van der Waals surface area contributed by atoms with Gasteiger partial charge in [0.05, 0.1) is 17.3 Å². The van der Waals surface area contributed by atoms with Crippen LogP contribution in [0.5, 0.6) is 0 Å². The number of rotatable bonds is 3. The van der Waals surface area contributed by atoms with Gasteiger partial charge in [-0.3, -0.25) is 4.79 Å². The van der Waals surface area contributed by atoms with E-state index in [9.17, 15) is 4.79 Å². The zero-order valence-electron chi connectivity index (χ0n) is 9.79. The topological polar surface area (TPSA) is 54.0 Å². The zero-order chi connectivity index (χ0) is 12.3. The minimum Gasteiger partial charge on any atom is -0.324 e. The fourth-order valence-electron chi connectivity index (χ4n) is 2.11. The van der Waals surface area contributed by atoms with Crippen LogP contribution in [0.4, 0.5) is 5.69 Å². The number of hydrogen-bond acceptors (Lipinski definition) is 3. The average Bonchev–Trinajstić information content (AvgIpc) is 2.82. The predicted octanol–water partition coefficient (Wildman–Crippen LogP) is 2.06. The van der Waals surface area contributed by atoms with Crippen LogP contribution in [0, 0.1) is 5.41 Å². The van der Waals surface area contributed by atoms with Gasteiger partial charge in [0.25, 0.3) is 0 Å². The molecule has 1 aromatic rings. The monoisotopic (exact) mass is 253 g/mol. The number of pyridine rings is 1. The summed E-state index contributed by atoms with van der Waals surface area (Å²) in [4.78, 5) is 16.2. The summed E-state index contributed by atoms with van der Waals surface area (Å²) in [6.45, 7) is 3.70. The smallest absolute Gasteiger partial charge is 0.231 e. The molecule has 2 N–H and O–H groups in total. The fourth-order valence-corrected chi connectivity index (χ4v) is 2.23. The Bertz CT molecular complexity index is 399. The second-order valence-corrected chi connectivity index (χ2v) is 4.77. The van der Waals surface area contributed by atoms with E-state index in [0.29, 0.717) is 10.8 Å². The molecule has 0 radical (unpaired) electrons. The van der Waals surface area contributed by atoms with Crippen molar-refractivity contribution in [1.29, 1.82) is 0 Å². The number of hydrogen-bond donors (Lipinski definition) is 2. The van der Waals surface area contributed by atoms with E-state index in [4.69, 9.17) is 11.6 Å². The van der Waals surface area contributed by atoms with Gasteiger partial charge in [0.2, 0.25) is 5.91 Å². The SMILES string of the molecule is CCC1(C(=O)Nc2ccc(Cl)nc2)CCNC1. The lowest BCUT2D eigenvalue weighted by atomic mass is 9.83. The van der Waals surface area contributed by atoms with Crippen molar-refractivity contribution in [2.24, 2.45) is 5.41 Å². The second kappa shape index (κ2) is 5.02. The van der Waals surface area contributed by atoms with Crippen LogP contribution in [-0.4, -0.2) is 24.0 Å². The Hall–Kier alpha value is -1.13. The molecule has 1 unspecified atom stereocenters. The number of anilines is 1. The molecule has 1 amide bonds. The van der Waals surface area contributed by atoms with E-state index < -0.39 is 0 Å². The summed E-state index contributed by atoms with van der Waals surface area (Å²) in [6.07, 6.45) is 3.30. The average molecular weight is 254 g/mol. The molecular formula is C12H16ClN3O. The van der Waals surface area contributed by atoms with E-state index in [2.05, 4.69) is 15.6 Å². The fraction of sp³-hybridized carbons (Fsp3) is 0.500. The molecule has 0 bridgehead atoms. The Morgan fingerprint density at radius 1 is 1.65 bits per heavy atom. The maximum atomic E-state index is 12.2. The number of carbonyl (C=O) groups excluding carboxylic acids is 1. The number of halogens is 1. The molecule has 92 valence electrons. The van der Waals surface area contributed by atoms with E-state index in [0.717, 1.165) is 25.9 Å². The Morgan fingerprint density at radius 2 is 2.47 bits per heavy atom. The highest BCUT2D eigenvalue weighted by Gasteiger charge is 2.39. The van der Waals surface area contributed by atoms with Crippen LogP contribution in [0.1, 0.15) is 19.8 Å². The molecule has 5 heteroatoms. The van der Waals surface area contributed by atoms with Gasteiger partial charge in [0.15, 0.2) is 0 Å². The Morgan fingerprint density at radius 3 is 3.00 bits per heavy atom. The van der Waals surface area contributed by atoms with Crippen molar-refractivity contribution in [3.05, 3.63) is 23.5 Å². The van der Waals surface area contributed by atoms with Gasteiger partial charge in [0, 0.05) is 6.54 Å². The summed E-state index contributed by atoms with van der Waals surface area (Å²) < 4.78 is 0. The van der Waals surface area contributed by atoms with Crippen LogP contribution >= 0.6 is 11.6 Å². The minimum absolute atomic E-state index is 0.0640. The molecule has 0 aliphatic carbocycles. The van der Waals surface area contributed by atoms with Crippen molar-refractivity contribution in [2.45, 2.75) is 19.8 Å². The number of carbonyl (C=O) groups is 1. The van der Waals surface area contributed by atoms with E-state index >= 15 is 0 Å². The molecule has 2 rings (SSSR count). The largest absolute Gasteiger partial charge is 0.324 e. The normalized spacial score (nSPS) is 23.6. The summed E-state index contributed by atoms with van der Waals surface area (Å²) >= 11 is 5.70. The van der Waals surface area contributed by atoms with Crippen molar-refractivity contribution in [3.8, 4) is 0 Å². The highest BCUT2D eigenvalue weighted by Crippen LogP contribution is 2.30. The standard InChI is InChI=1S/C12H16ClN3O/c1-2-12(5-6-14-8-12)11(17)16-9-3-4-10(13)15-7-9/h3-4,7,14H,2,5-6,8H2,1H3,(H,16,17). The first-order chi connectivity index (χ1) is 8.16. The number of nitrogens with zero attached hydrogens (tertiary/aromatic N) is 1. The third kappa shape index (κ3) is 2.58. The van der Waals surface area contributed by atoms with Crippen molar-refractivity contribution in [3.63, 3.8) is 0 Å². The van der Waals surface area contributed by atoms with Crippen LogP contribution in [0.2, 0.25) is 5.15 Å². The lowest BCUT2D eigenvalue weighted by Gasteiger charge is -2.25. The molecular weight excluding hydrogens is 238 g/mol. The molecule has 0 spiro atoms. The zero-order valence-corrected chi connectivity index (χ0v) is 10.5. The highest BCUT2D eigenvalue weighted by molar-refractivity contribution is 6.29. The van der Waals surface area contributed by atoms with Crippen LogP contribution in [0.3, 0.4) is 0 Å². The van der Waals surface area contributed by atoms with Gasteiger partial charge in [-0.15, -0.1) is 0 Å². The highest BCUT2D eigenvalue weighted by atomic mass is 35.5. The van der Waals surface area contributed by atoms with Gasteiger partial charge < -0.3 is 10.6 Å². The predicted molar refractivity (Wildman–Crippen MR) is 68.1 cm³/mol. The third-order valence-electron chi connectivity index (χ3n) is 3.39. The van der Waals surface area contributed by atoms with Crippen molar-refractivity contribution >= 4 is 23.2 Å². The maximum Gasteiger partial charge on any atom is 0.231 e. The summed E-state index contributed by atoms with van der Waals surface area (Å²) in [5.74, 6) is 0.0640. The van der Waals surface area contributed by atoms with Crippen LogP contribution in [-0.2, 0) is 4.79 Å². The first-order valence-corrected chi connectivity index (χ1v) is 6.18. The maximum absolute atomic E-state index is 12.2. The second-order valence-electron chi connectivity index (χ2n) is 4.38. The van der Waals surface area contributed by atoms with Gasteiger partial charge in [-0.2, -0.15) is 0 Å².